The molecule has 0 bridgehead atoms. The van der Waals surface area contributed by atoms with Gasteiger partial charge in [0, 0.05) is 36.7 Å². The number of amides is 1. The second-order valence-electron chi connectivity index (χ2n) is 14.3. The number of benzene rings is 4. The first-order chi connectivity index (χ1) is 26.2. The molecule has 0 radical (unpaired) electrons. The maximum atomic E-state index is 14.1. The van der Waals surface area contributed by atoms with Crippen LogP contribution >= 0.6 is 0 Å². The zero-order chi connectivity index (χ0) is 38.3. The summed E-state index contributed by atoms with van der Waals surface area (Å²) < 4.78 is 0. The van der Waals surface area contributed by atoms with Gasteiger partial charge in [-0.15, -0.1) is 0 Å². The van der Waals surface area contributed by atoms with Gasteiger partial charge in [0.25, 0.3) is 0 Å². The summed E-state index contributed by atoms with van der Waals surface area (Å²) in [5, 5.41) is 40.1. The number of aliphatic carboxylic acids is 2. The van der Waals surface area contributed by atoms with Crippen LogP contribution in [0.5, 0.6) is 11.5 Å². The summed E-state index contributed by atoms with van der Waals surface area (Å²) in [5.41, 5.74) is 5.82. The Kier molecular flexibility index (Phi) is 15.1. The summed E-state index contributed by atoms with van der Waals surface area (Å²) in [6.45, 7) is 5.97. The Balaban J connectivity index is 0.000000864. The van der Waals surface area contributed by atoms with Crippen molar-refractivity contribution in [1.29, 1.82) is 0 Å². The summed E-state index contributed by atoms with van der Waals surface area (Å²) >= 11 is 0. The Morgan fingerprint density at radius 2 is 0.926 bits per heavy atom. The van der Waals surface area contributed by atoms with E-state index in [1.54, 1.807) is 0 Å². The Morgan fingerprint density at radius 3 is 1.30 bits per heavy atom. The smallest absolute Gasteiger partial charge is 0.414 e. The Hall–Kier alpha value is -5.19. The zero-order valence-corrected chi connectivity index (χ0v) is 30.9. The molecule has 0 atom stereocenters. The molecule has 4 aromatic rings. The van der Waals surface area contributed by atoms with E-state index >= 15 is 0 Å². The second-order valence-corrected chi connectivity index (χ2v) is 14.3. The van der Waals surface area contributed by atoms with Crippen molar-refractivity contribution in [3.8, 4) is 11.5 Å². The van der Waals surface area contributed by atoms with Gasteiger partial charge in [-0.25, -0.2) is 9.59 Å². The summed E-state index contributed by atoms with van der Waals surface area (Å²) in [7, 11) is 0. The molecule has 1 amide bonds. The molecule has 0 aliphatic carbocycles. The lowest BCUT2D eigenvalue weighted by Crippen LogP contribution is -2.33. The number of phenolic OH excluding ortho intramolecular Hbond substituents is 2. The van der Waals surface area contributed by atoms with Crippen molar-refractivity contribution >= 4 is 17.8 Å². The van der Waals surface area contributed by atoms with Crippen LogP contribution in [0.2, 0.25) is 0 Å². The molecule has 286 valence electrons. The summed E-state index contributed by atoms with van der Waals surface area (Å²) in [6.07, 6.45) is 9.79. The van der Waals surface area contributed by atoms with E-state index in [1.807, 2.05) is 84.9 Å². The zero-order valence-electron chi connectivity index (χ0n) is 30.9. The monoisotopic (exact) mass is 735 g/mol. The van der Waals surface area contributed by atoms with Gasteiger partial charge in [-0.05, 0) is 86.2 Å². The maximum Gasteiger partial charge on any atom is 0.414 e. The molecule has 2 aliphatic rings. The van der Waals surface area contributed by atoms with Crippen molar-refractivity contribution in [2.24, 2.45) is 0 Å². The number of carbonyl (C=O) groups is 3. The van der Waals surface area contributed by atoms with Crippen molar-refractivity contribution in [2.45, 2.75) is 76.3 Å². The molecular weight excluding hydrogens is 682 g/mol. The minimum absolute atomic E-state index is 0.0514. The maximum absolute atomic E-state index is 14.1. The molecule has 2 fully saturated rings. The number of nitrogens with one attached hydrogen (secondary N) is 1. The van der Waals surface area contributed by atoms with Gasteiger partial charge in [0.05, 0.1) is 5.92 Å². The highest BCUT2D eigenvalue weighted by Crippen LogP contribution is 2.33. The van der Waals surface area contributed by atoms with Crippen LogP contribution in [0.3, 0.4) is 0 Å². The quantitative estimate of drug-likeness (QED) is 0.102. The first-order valence-corrected chi connectivity index (χ1v) is 19.1. The molecule has 0 spiro atoms. The van der Waals surface area contributed by atoms with Crippen LogP contribution in [-0.4, -0.2) is 80.8 Å². The van der Waals surface area contributed by atoms with Crippen LogP contribution < -0.4 is 5.32 Å². The largest absolute Gasteiger partial charge is 0.508 e. The van der Waals surface area contributed by atoms with Gasteiger partial charge in [-0.2, -0.15) is 0 Å². The fraction of sp³-hybridized carbons (Fsp3) is 0.386. The Morgan fingerprint density at radius 1 is 0.537 bits per heavy atom. The van der Waals surface area contributed by atoms with Crippen molar-refractivity contribution in [3.05, 3.63) is 130 Å². The molecule has 0 saturated carbocycles. The average Bonchev–Trinajstić information content (AvgIpc) is 3.60. The van der Waals surface area contributed by atoms with E-state index in [2.05, 4.69) is 27.2 Å². The minimum atomic E-state index is -1.82. The van der Waals surface area contributed by atoms with Crippen molar-refractivity contribution in [2.75, 3.05) is 32.7 Å². The molecule has 5 N–H and O–H groups in total. The summed E-state index contributed by atoms with van der Waals surface area (Å²) in [4.78, 5) is 37.2. The SMILES string of the molecule is O=C(NCC(c1ccc(O)c(CN2CCCCCC2)c1)c1ccc(O)c(CN2CCCCCC2)c1)C(c1ccccc1)c1ccccc1.O=C(O)C(=O)O. The van der Waals surface area contributed by atoms with Crippen LogP contribution in [0.1, 0.15) is 96.6 Å². The van der Waals surface area contributed by atoms with E-state index in [-0.39, 0.29) is 11.8 Å². The number of likely N-dealkylation sites (tertiary alicyclic amines) is 2. The van der Waals surface area contributed by atoms with Gasteiger partial charge in [-0.3, -0.25) is 14.6 Å². The van der Waals surface area contributed by atoms with Gasteiger partial charge in [0.1, 0.15) is 11.5 Å². The topological polar surface area (TPSA) is 151 Å². The lowest BCUT2D eigenvalue weighted by Gasteiger charge is -2.25. The molecule has 2 aliphatic heterocycles. The Bertz CT molecular complexity index is 1680. The molecule has 6 rings (SSSR count). The second kappa shape index (κ2) is 20.3. The fourth-order valence-corrected chi connectivity index (χ4v) is 7.49. The van der Waals surface area contributed by atoms with Gasteiger partial charge in [-0.1, -0.05) is 111 Å². The van der Waals surface area contributed by atoms with Crippen LogP contribution in [0.15, 0.2) is 97.1 Å². The number of aromatic hydroxyl groups is 2. The number of hydrogen-bond donors (Lipinski definition) is 5. The summed E-state index contributed by atoms with van der Waals surface area (Å²) in [5.74, 6) is -3.69. The van der Waals surface area contributed by atoms with Crippen LogP contribution in [0.25, 0.3) is 0 Å². The predicted octanol–water partition coefficient (Wildman–Crippen LogP) is 7.09. The fourth-order valence-electron chi connectivity index (χ4n) is 7.49. The molecule has 0 unspecified atom stereocenters. The van der Waals surface area contributed by atoms with E-state index in [0.717, 1.165) is 59.6 Å². The van der Waals surface area contributed by atoms with E-state index in [4.69, 9.17) is 19.8 Å². The third-order valence-corrected chi connectivity index (χ3v) is 10.4. The highest BCUT2D eigenvalue weighted by atomic mass is 16.4. The number of hydrogen-bond acceptors (Lipinski definition) is 7. The molecule has 54 heavy (non-hydrogen) atoms. The molecule has 0 aromatic heterocycles. The van der Waals surface area contributed by atoms with Crippen LogP contribution in [-0.2, 0) is 27.5 Å². The lowest BCUT2D eigenvalue weighted by atomic mass is 9.87. The molecular formula is C44H53N3O7. The summed E-state index contributed by atoms with van der Waals surface area (Å²) in [6, 6.07) is 31.8. The van der Waals surface area contributed by atoms with Gasteiger partial charge < -0.3 is 25.7 Å². The highest BCUT2D eigenvalue weighted by Gasteiger charge is 2.26. The van der Waals surface area contributed by atoms with E-state index < -0.39 is 17.9 Å². The normalized spacial score (nSPS) is 15.4. The van der Waals surface area contributed by atoms with Crippen molar-refractivity contribution in [1.82, 2.24) is 15.1 Å². The van der Waals surface area contributed by atoms with Crippen molar-refractivity contribution in [3.63, 3.8) is 0 Å². The third-order valence-electron chi connectivity index (χ3n) is 10.4. The predicted molar refractivity (Wildman–Crippen MR) is 209 cm³/mol. The lowest BCUT2D eigenvalue weighted by molar-refractivity contribution is -0.159. The van der Waals surface area contributed by atoms with Gasteiger partial charge >= 0.3 is 11.9 Å². The molecule has 4 aromatic carbocycles. The first kappa shape index (κ1) is 40.0. The molecule has 10 nitrogen and oxygen atoms in total. The van der Waals surface area contributed by atoms with Crippen LogP contribution in [0, 0.1) is 0 Å². The minimum Gasteiger partial charge on any atom is -0.508 e. The number of rotatable bonds is 11. The number of nitrogens with zero attached hydrogens (tertiary/aromatic N) is 2. The standard InChI is InChI=1S/C42H51N3O3.C2H2O4/c46-39-21-19-34(27-36(39)30-44-23-11-1-2-12-24-44)38(35-20-22-40(47)37(28-35)31-45-25-13-3-4-14-26-45)29-43-42(48)41(32-15-7-5-8-16-32)33-17-9-6-10-18-33;3-1(4)2(5)6/h5-10,15-22,27-28,38,41,46-47H,1-4,11-14,23-26,29-31H2,(H,43,48);(H,3,4)(H,5,6). The van der Waals surface area contributed by atoms with Crippen LogP contribution in [0.4, 0.5) is 0 Å². The van der Waals surface area contributed by atoms with E-state index in [9.17, 15) is 15.0 Å². The molecule has 10 heteroatoms. The average molecular weight is 736 g/mol. The van der Waals surface area contributed by atoms with Crippen molar-refractivity contribution < 1.29 is 34.8 Å². The number of carbonyl (C=O) groups excluding carboxylic acids is 1. The third kappa shape index (κ3) is 11.7. The number of phenols is 2. The number of carboxylic acid groups (broad SMARTS) is 2. The van der Waals surface area contributed by atoms with E-state index in [0.29, 0.717) is 31.1 Å². The molecule has 2 heterocycles. The highest BCUT2D eigenvalue weighted by molar-refractivity contribution is 6.27. The van der Waals surface area contributed by atoms with Gasteiger partial charge in [0.15, 0.2) is 0 Å². The Labute approximate surface area is 318 Å². The van der Waals surface area contributed by atoms with E-state index in [1.165, 1.54) is 51.4 Å². The number of carboxylic acids is 2. The first-order valence-electron chi connectivity index (χ1n) is 19.1. The van der Waals surface area contributed by atoms with Gasteiger partial charge in [0.2, 0.25) is 5.91 Å². The molecule has 2 saturated heterocycles.